The van der Waals surface area contributed by atoms with Crippen LogP contribution in [0.15, 0.2) is 88.9 Å². The molecule has 0 bridgehead atoms. The molecule has 1 aromatic heterocycles. The van der Waals surface area contributed by atoms with Crippen molar-refractivity contribution in [2.24, 2.45) is 0 Å². The molecule has 31 heavy (non-hydrogen) atoms. The molecule has 5 nitrogen and oxygen atoms in total. The number of para-hydroxylation sites is 1. The molecule has 0 fully saturated rings. The highest BCUT2D eigenvalue weighted by atomic mass is 35.5. The highest BCUT2D eigenvalue weighted by Crippen LogP contribution is 2.27. The second-order valence-electron chi connectivity index (χ2n) is 7.06. The van der Waals surface area contributed by atoms with Crippen molar-refractivity contribution in [3.63, 3.8) is 0 Å². The van der Waals surface area contributed by atoms with E-state index in [0.717, 1.165) is 16.8 Å². The summed E-state index contributed by atoms with van der Waals surface area (Å²) in [5.41, 5.74) is 2.87. The first kappa shape index (κ1) is 21.6. The Morgan fingerprint density at radius 3 is 2.39 bits per heavy atom. The number of rotatable bonds is 7. The summed E-state index contributed by atoms with van der Waals surface area (Å²) >= 11 is 7.57. The maximum Gasteiger partial charge on any atom is 0.196 e. The molecule has 0 spiro atoms. The van der Waals surface area contributed by atoms with Crippen molar-refractivity contribution in [3.05, 3.63) is 101 Å². The molecular weight excluding hydrogens is 450 g/mol. The predicted molar refractivity (Wildman–Crippen MR) is 124 cm³/mol. The largest absolute Gasteiger partial charge is 0.273 e. The third kappa shape index (κ3) is 5.18. The van der Waals surface area contributed by atoms with Crippen LogP contribution in [-0.4, -0.2) is 23.2 Å². The molecule has 4 aromatic rings. The first-order valence-electron chi connectivity index (χ1n) is 9.59. The third-order valence-corrected chi connectivity index (χ3v) is 7.53. The molecule has 0 saturated heterocycles. The maximum absolute atomic E-state index is 13.0. The molecule has 0 radical (unpaired) electrons. The van der Waals surface area contributed by atoms with Crippen LogP contribution in [0.1, 0.15) is 17.0 Å². The summed E-state index contributed by atoms with van der Waals surface area (Å²) in [6.07, 6.45) is 0. The molecule has 0 unspecified atom stereocenters. The van der Waals surface area contributed by atoms with Gasteiger partial charge in [0.25, 0.3) is 0 Å². The van der Waals surface area contributed by atoms with Crippen LogP contribution in [0.25, 0.3) is 5.69 Å². The van der Waals surface area contributed by atoms with Gasteiger partial charge in [-0.05, 0) is 48.9 Å². The molecule has 0 atom stereocenters. The van der Waals surface area contributed by atoms with Gasteiger partial charge in [-0.2, -0.15) is 0 Å². The predicted octanol–water partition coefficient (Wildman–Crippen LogP) is 5.50. The summed E-state index contributed by atoms with van der Waals surface area (Å²) in [7, 11) is -3.57. The minimum Gasteiger partial charge on any atom is -0.273 e. The van der Waals surface area contributed by atoms with E-state index in [1.807, 2.05) is 61.5 Å². The van der Waals surface area contributed by atoms with Gasteiger partial charge in [-0.15, -0.1) is 10.2 Å². The maximum atomic E-state index is 13.0. The fraction of sp³-hybridized carbons (Fsp3) is 0.130. The molecule has 0 N–H and O–H groups in total. The zero-order chi connectivity index (χ0) is 21.8. The Kier molecular flexibility index (Phi) is 6.46. The van der Waals surface area contributed by atoms with Crippen molar-refractivity contribution in [3.8, 4) is 5.69 Å². The Bertz CT molecular complexity index is 1290. The number of hydrogen-bond acceptors (Lipinski definition) is 5. The van der Waals surface area contributed by atoms with E-state index in [0.29, 0.717) is 21.8 Å². The van der Waals surface area contributed by atoms with Gasteiger partial charge in [-0.1, -0.05) is 71.4 Å². The average Bonchev–Trinajstić information content (AvgIpc) is 3.15. The van der Waals surface area contributed by atoms with Crippen LogP contribution >= 0.6 is 23.4 Å². The molecular formula is C23H20ClN3O2S2. The van der Waals surface area contributed by atoms with E-state index in [1.165, 1.54) is 11.8 Å². The van der Waals surface area contributed by atoms with E-state index >= 15 is 0 Å². The van der Waals surface area contributed by atoms with E-state index in [4.69, 9.17) is 11.6 Å². The van der Waals surface area contributed by atoms with E-state index in [9.17, 15) is 8.42 Å². The van der Waals surface area contributed by atoms with Gasteiger partial charge in [0, 0.05) is 16.5 Å². The van der Waals surface area contributed by atoms with Gasteiger partial charge >= 0.3 is 0 Å². The standard InChI is InChI=1S/C23H20ClN3O2S2/c1-17-10-12-21(13-11-17)31(28,29)16-22-25-26-23(27(22)20-8-3-2-4-9-20)30-15-18-6-5-7-19(24)14-18/h2-14H,15-16H2,1H3. The summed E-state index contributed by atoms with van der Waals surface area (Å²) in [6.45, 7) is 1.92. The van der Waals surface area contributed by atoms with Crippen LogP contribution in [0.4, 0.5) is 0 Å². The van der Waals surface area contributed by atoms with E-state index in [-0.39, 0.29) is 10.6 Å². The van der Waals surface area contributed by atoms with Crippen LogP contribution in [0, 0.1) is 6.92 Å². The van der Waals surface area contributed by atoms with Gasteiger partial charge in [0.05, 0.1) is 4.90 Å². The van der Waals surface area contributed by atoms with Crippen molar-refractivity contribution in [1.82, 2.24) is 14.8 Å². The minimum absolute atomic E-state index is 0.240. The number of aromatic nitrogens is 3. The van der Waals surface area contributed by atoms with Gasteiger partial charge in [-0.25, -0.2) is 8.42 Å². The van der Waals surface area contributed by atoms with Crippen molar-refractivity contribution in [2.75, 3.05) is 0 Å². The highest BCUT2D eigenvalue weighted by molar-refractivity contribution is 7.98. The fourth-order valence-corrected chi connectivity index (χ4v) is 5.47. The lowest BCUT2D eigenvalue weighted by Gasteiger charge is -2.11. The van der Waals surface area contributed by atoms with Crippen molar-refractivity contribution in [1.29, 1.82) is 0 Å². The van der Waals surface area contributed by atoms with Crippen LogP contribution in [0.2, 0.25) is 5.02 Å². The molecule has 1 heterocycles. The van der Waals surface area contributed by atoms with Crippen molar-refractivity contribution >= 4 is 33.2 Å². The number of sulfone groups is 1. The fourth-order valence-electron chi connectivity index (χ4n) is 3.10. The topological polar surface area (TPSA) is 64.8 Å². The summed E-state index contributed by atoms with van der Waals surface area (Å²) in [5, 5.41) is 9.84. The van der Waals surface area contributed by atoms with Gasteiger partial charge < -0.3 is 0 Å². The first-order chi connectivity index (χ1) is 14.9. The Balaban J connectivity index is 1.67. The molecule has 0 aliphatic heterocycles. The quantitative estimate of drug-likeness (QED) is 0.334. The molecule has 8 heteroatoms. The third-order valence-electron chi connectivity index (χ3n) is 4.67. The monoisotopic (exact) mass is 469 g/mol. The Morgan fingerprint density at radius 2 is 1.68 bits per heavy atom. The number of halogens is 1. The van der Waals surface area contributed by atoms with Crippen LogP contribution < -0.4 is 0 Å². The Labute approximate surface area is 191 Å². The normalized spacial score (nSPS) is 11.5. The summed E-state index contributed by atoms with van der Waals surface area (Å²) in [4.78, 5) is 0.272. The lowest BCUT2D eigenvalue weighted by molar-refractivity contribution is 0.593. The average molecular weight is 470 g/mol. The van der Waals surface area contributed by atoms with Crippen molar-refractivity contribution in [2.45, 2.75) is 28.5 Å². The number of nitrogens with zero attached hydrogens (tertiary/aromatic N) is 3. The lowest BCUT2D eigenvalue weighted by Crippen LogP contribution is -2.11. The SMILES string of the molecule is Cc1ccc(S(=O)(=O)Cc2nnc(SCc3cccc(Cl)c3)n2-c2ccccc2)cc1. The number of hydrogen-bond donors (Lipinski definition) is 0. The summed E-state index contributed by atoms with van der Waals surface area (Å²) in [6, 6.07) is 24.0. The first-order valence-corrected chi connectivity index (χ1v) is 12.6. The number of aryl methyl sites for hydroxylation is 1. The smallest absolute Gasteiger partial charge is 0.196 e. The summed E-state index contributed by atoms with van der Waals surface area (Å²) in [5.74, 6) is 0.770. The van der Waals surface area contributed by atoms with Crippen LogP contribution in [0.3, 0.4) is 0 Å². The minimum atomic E-state index is -3.57. The molecule has 0 amide bonds. The summed E-state index contributed by atoms with van der Waals surface area (Å²) < 4.78 is 27.8. The zero-order valence-electron chi connectivity index (χ0n) is 16.8. The van der Waals surface area contributed by atoms with Gasteiger partial charge in [-0.3, -0.25) is 4.57 Å². The molecule has 4 rings (SSSR count). The second kappa shape index (κ2) is 9.26. The lowest BCUT2D eigenvalue weighted by atomic mass is 10.2. The molecule has 0 saturated carbocycles. The van der Waals surface area contributed by atoms with Crippen molar-refractivity contribution < 1.29 is 8.42 Å². The van der Waals surface area contributed by atoms with Crippen LogP contribution in [-0.2, 0) is 21.3 Å². The van der Waals surface area contributed by atoms with Crippen LogP contribution in [0.5, 0.6) is 0 Å². The molecule has 158 valence electrons. The van der Waals surface area contributed by atoms with E-state index < -0.39 is 9.84 Å². The van der Waals surface area contributed by atoms with Gasteiger partial charge in [0.15, 0.2) is 20.8 Å². The van der Waals surface area contributed by atoms with Gasteiger partial charge in [0.2, 0.25) is 0 Å². The second-order valence-corrected chi connectivity index (χ2v) is 10.4. The molecule has 0 aliphatic rings. The zero-order valence-corrected chi connectivity index (χ0v) is 19.2. The highest BCUT2D eigenvalue weighted by Gasteiger charge is 2.22. The van der Waals surface area contributed by atoms with Gasteiger partial charge in [0.1, 0.15) is 5.75 Å². The van der Waals surface area contributed by atoms with E-state index in [2.05, 4.69) is 10.2 Å². The number of thioether (sulfide) groups is 1. The van der Waals surface area contributed by atoms with E-state index in [1.54, 1.807) is 28.8 Å². The Morgan fingerprint density at radius 1 is 0.935 bits per heavy atom. The molecule has 3 aromatic carbocycles. The number of benzene rings is 3. The Hall–Kier alpha value is -2.61. The molecule has 0 aliphatic carbocycles.